The van der Waals surface area contributed by atoms with Gasteiger partial charge in [0, 0.05) is 12.1 Å². The van der Waals surface area contributed by atoms with E-state index in [1.165, 1.54) is 11.3 Å². The van der Waals surface area contributed by atoms with Gasteiger partial charge in [0.1, 0.15) is 9.88 Å². The van der Waals surface area contributed by atoms with Crippen LogP contribution in [0.3, 0.4) is 0 Å². The quantitative estimate of drug-likeness (QED) is 0.855. The summed E-state index contributed by atoms with van der Waals surface area (Å²) in [5.74, 6) is 0.111. The average molecular weight is 314 g/mol. The van der Waals surface area contributed by atoms with Gasteiger partial charge in [0.25, 0.3) is 5.91 Å². The Morgan fingerprint density at radius 3 is 3.00 bits per heavy atom. The van der Waals surface area contributed by atoms with Crippen molar-refractivity contribution in [3.63, 3.8) is 0 Å². The monoisotopic (exact) mass is 314 g/mol. The van der Waals surface area contributed by atoms with Gasteiger partial charge in [-0.05, 0) is 19.3 Å². The Morgan fingerprint density at radius 1 is 1.27 bits per heavy atom. The standard InChI is InChI=1S/C17H18N2O2S/c20-17(19-9-10-21-14-8-4-7-13(14)19)15-11-18-16(22-15)12-5-2-1-3-6-12/h1-3,5-6,11,13-14H,4,7-10H2/t13-,14-/m0/s1. The summed E-state index contributed by atoms with van der Waals surface area (Å²) in [4.78, 5) is 20.0. The van der Waals surface area contributed by atoms with E-state index in [1.54, 1.807) is 6.20 Å². The number of benzene rings is 1. The van der Waals surface area contributed by atoms with Crippen LogP contribution in [0.15, 0.2) is 36.5 Å². The maximum Gasteiger partial charge on any atom is 0.266 e. The summed E-state index contributed by atoms with van der Waals surface area (Å²) in [6.45, 7) is 1.34. The SMILES string of the molecule is O=C(c1cnc(-c2ccccc2)s1)N1CCO[C@H]2CCC[C@@H]21. The van der Waals surface area contributed by atoms with Crippen LogP contribution in [0.5, 0.6) is 0 Å². The molecule has 22 heavy (non-hydrogen) atoms. The van der Waals surface area contributed by atoms with Crippen LogP contribution in [-0.2, 0) is 4.74 Å². The Bertz CT molecular complexity index is 670. The lowest BCUT2D eigenvalue weighted by molar-refractivity contribution is -0.0443. The van der Waals surface area contributed by atoms with E-state index in [-0.39, 0.29) is 18.1 Å². The van der Waals surface area contributed by atoms with E-state index in [0.717, 1.165) is 34.7 Å². The van der Waals surface area contributed by atoms with Gasteiger partial charge in [-0.1, -0.05) is 30.3 Å². The van der Waals surface area contributed by atoms with Gasteiger partial charge in [0.05, 0.1) is 24.9 Å². The number of hydrogen-bond acceptors (Lipinski definition) is 4. The molecule has 1 aliphatic heterocycles. The first-order valence-electron chi connectivity index (χ1n) is 7.77. The zero-order chi connectivity index (χ0) is 14.9. The predicted molar refractivity (Wildman–Crippen MR) is 86.0 cm³/mol. The van der Waals surface area contributed by atoms with E-state index in [4.69, 9.17) is 4.74 Å². The highest BCUT2D eigenvalue weighted by molar-refractivity contribution is 7.16. The third-order valence-electron chi connectivity index (χ3n) is 4.48. The van der Waals surface area contributed by atoms with Crippen LogP contribution >= 0.6 is 11.3 Å². The van der Waals surface area contributed by atoms with E-state index in [0.29, 0.717) is 13.2 Å². The number of thiazole rings is 1. The van der Waals surface area contributed by atoms with E-state index in [9.17, 15) is 4.79 Å². The minimum Gasteiger partial charge on any atom is -0.374 e. The van der Waals surface area contributed by atoms with Crippen molar-refractivity contribution in [3.05, 3.63) is 41.4 Å². The molecule has 2 atom stereocenters. The van der Waals surface area contributed by atoms with Crippen molar-refractivity contribution < 1.29 is 9.53 Å². The molecule has 0 N–H and O–H groups in total. The zero-order valence-corrected chi connectivity index (χ0v) is 13.1. The summed E-state index contributed by atoms with van der Waals surface area (Å²) in [5, 5.41) is 0.903. The van der Waals surface area contributed by atoms with Crippen molar-refractivity contribution in [3.8, 4) is 10.6 Å². The number of morpholine rings is 1. The molecule has 1 aliphatic carbocycles. The molecule has 0 spiro atoms. The molecule has 0 radical (unpaired) electrons. The number of hydrogen-bond donors (Lipinski definition) is 0. The fourth-order valence-corrected chi connectivity index (χ4v) is 4.28. The topological polar surface area (TPSA) is 42.4 Å². The third-order valence-corrected chi connectivity index (χ3v) is 5.51. The van der Waals surface area contributed by atoms with Crippen LogP contribution in [0.1, 0.15) is 28.9 Å². The van der Waals surface area contributed by atoms with Crippen LogP contribution in [0.2, 0.25) is 0 Å². The summed E-state index contributed by atoms with van der Waals surface area (Å²) < 4.78 is 5.79. The molecule has 5 heteroatoms. The first kappa shape index (κ1) is 13.9. The number of carbonyl (C=O) groups excluding carboxylic acids is 1. The smallest absolute Gasteiger partial charge is 0.266 e. The second-order valence-corrected chi connectivity index (χ2v) is 6.83. The zero-order valence-electron chi connectivity index (χ0n) is 12.3. The largest absolute Gasteiger partial charge is 0.374 e. The summed E-state index contributed by atoms with van der Waals surface area (Å²) in [6, 6.07) is 10.3. The van der Waals surface area contributed by atoms with E-state index in [1.807, 2.05) is 35.2 Å². The summed E-state index contributed by atoms with van der Waals surface area (Å²) in [5.41, 5.74) is 1.06. The van der Waals surface area contributed by atoms with Gasteiger partial charge in [-0.15, -0.1) is 11.3 Å². The molecule has 2 aliphatic rings. The second kappa shape index (κ2) is 5.82. The molecular weight excluding hydrogens is 296 g/mol. The number of rotatable bonds is 2. The van der Waals surface area contributed by atoms with Crippen LogP contribution in [-0.4, -0.2) is 41.1 Å². The Kier molecular flexibility index (Phi) is 3.68. The Hall–Kier alpha value is -1.72. The molecule has 0 unspecified atom stereocenters. The normalized spacial score (nSPS) is 24.3. The second-order valence-electron chi connectivity index (χ2n) is 5.80. The van der Waals surface area contributed by atoms with Gasteiger partial charge < -0.3 is 9.64 Å². The van der Waals surface area contributed by atoms with Crippen LogP contribution < -0.4 is 0 Å². The number of amides is 1. The van der Waals surface area contributed by atoms with Crippen molar-refractivity contribution >= 4 is 17.2 Å². The number of aromatic nitrogens is 1. The van der Waals surface area contributed by atoms with Gasteiger partial charge >= 0.3 is 0 Å². The lowest BCUT2D eigenvalue weighted by atomic mass is 10.1. The fraction of sp³-hybridized carbons (Fsp3) is 0.412. The number of nitrogens with zero attached hydrogens (tertiary/aromatic N) is 2. The van der Waals surface area contributed by atoms with Crippen LogP contribution in [0.25, 0.3) is 10.6 Å². The number of carbonyl (C=O) groups is 1. The molecule has 1 aromatic carbocycles. The first-order chi connectivity index (χ1) is 10.8. The predicted octanol–water partition coefficient (Wildman–Crippen LogP) is 3.20. The molecule has 1 saturated carbocycles. The highest BCUT2D eigenvalue weighted by Gasteiger charge is 2.39. The third kappa shape index (κ3) is 2.44. The van der Waals surface area contributed by atoms with Crippen LogP contribution in [0, 0.1) is 0 Å². The highest BCUT2D eigenvalue weighted by Crippen LogP contribution is 2.32. The molecule has 114 valence electrons. The molecular formula is C17H18N2O2S. The molecule has 4 rings (SSSR count). The fourth-order valence-electron chi connectivity index (χ4n) is 3.41. The van der Waals surface area contributed by atoms with Gasteiger partial charge in [0.2, 0.25) is 0 Å². The minimum atomic E-state index is 0.111. The number of fused-ring (bicyclic) bond motifs is 1. The maximum atomic E-state index is 12.8. The van der Waals surface area contributed by atoms with E-state index in [2.05, 4.69) is 4.98 Å². The van der Waals surface area contributed by atoms with Crippen molar-refractivity contribution in [1.29, 1.82) is 0 Å². The molecule has 1 aromatic heterocycles. The molecule has 2 heterocycles. The maximum absolute atomic E-state index is 12.8. The minimum absolute atomic E-state index is 0.111. The van der Waals surface area contributed by atoms with Crippen molar-refractivity contribution in [1.82, 2.24) is 9.88 Å². The molecule has 2 aromatic rings. The van der Waals surface area contributed by atoms with Gasteiger partial charge in [-0.3, -0.25) is 4.79 Å². The van der Waals surface area contributed by atoms with E-state index >= 15 is 0 Å². The van der Waals surface area contributed by atoms with Gasteiger partial charge in [0.15, 0.2) is 0 Å². The van der Waals surface area contributed by atoms with Gasteiger partial charge in [-0.25, -0.2) is 4.98 Å². The lowest BCUT2D eigenvalue weighted by Gasteiger charge is -2.37. The summed E-state index contributed by atoms with van der Waals surface area (Å²) in [6.07, 6.45) is 5.23. The lowest BCUT2D eigenvalue weighted by Crippen LogP contribution is -2.51. The average Bonchev–Trinajstić information content (AvgIpc) is 3.24. The highest BCUT2D eigenvalue weighted by atomic mass is 32.1. The molecule has 4 nitrogen and oxygen atoms in total. The van der Waals surface area contributed by atoms with Crippen LogP contribution in [0.4, 0.5) is 0 Å². The van der Waals surface area contributed by atoms with E-state index < -0.39 is 0 Å². The van der Waals surface area contributed by atoms with Crippen molar-refractivity contribution in [2.75, 3.05) is 13.2 Å². The molecule has 2 fully saturated rings. The Balaban J connectivity index is 1.57. The molecule has 0 bridgehead atoms. The first-order valence-corrected chi connectivity index (χ1v) is 8.58. The Labute approximate surface area is 133 Å². The Morgan fingerprint density at radius 2 is 2.14 bits per heavy atom. The summed E-state index contributed by atoms with van der Waals surface area (Å²) >= 11 is 1.48. The molecule has 1 amide bonds. The van der Waals surface area contributed by atoms with Crippen molar-refractivity contribution in [2.45, 2.75) is 31.4 Å². The molecule has 1 saturated heterocycles. The number of ether oxygens (including phenoxy) is 1. The van der Waals surface area contributed by atoms with Crippen molar-refractivity contribution in [2.24, 2.45) is 0 Å². The van der Waals surface area contributed by atoms with Gasteiger partial charge in [-0.2, -0.15) is 0 Å². The summed E-state index contributed by atoms with van der Waals surface area (Å²) in [7, 11) is 0.